The predicted molar refractivity (Wildman–Crippen MR) is 45.3 cm³/mol. The van der Waals surface area contributed by atoms with E-state index in [1.54, 1.807) is 0 Å². The first kappa shape index (κ1) is 8.72. The van der Waals surface area contributed by atoms with Gasteiger partial charge < -0.3 is 5.73 Å². The van der Waals surface area contributed by atoms with Gasteiger partial charge in [-0.1, -0.05) is 6.42 Å². The Labute approximate surface area is 68.2 Å². The van der Waals surface area contributed by atoms with Crippen LogP contribution in [0.1, 0.15) is 38.5 Å². The van der Waals surface area contributed by atoms with Gasteiger partial charge in [-0.15, -0.1) is 0 Å². The van der Waals surface area contributed by atoms with Gasteiger partial charge in [0.25, 0.3) is 0 Å². The van der Waals surface area contributed by atoms with Crippen LogP contribution in [0.4, 0.5) is 0 Å². The van der Waals surface area contributed by atoms with Crippen molar-refractivity contribution < 1.29 is 4.79 Å². The van der Waals surface area contributed by atoms with Gasteiger partial charge in [0.1, 0.15) is 5.78 Å². The SMILES string of the molecule is NCCCC1CCCCC1=O. The van der Waals surface area contributed by atoms with E-state index in [1.165, 1.54) is 6.42 Å². The lowest BCUT2D eigenvalue weighted by molar-refractivity contribution is -0.124. The van der Waals surface area contributed by atoms with Gasteiger partial charge in [-0.05, 0) is 32.2 Å². The summed E-state index contributed by atoms with van der Waals surface area (Å²) in [5, 5.41) is 0. The Hall–Kier alpha value is -0.370. The average Bonchev–Trinajstić information content (AvgIpc) is 2.03. The smallest absolute Gasteiger partial charge is 0.135 e. The van der Waals surface area contributed by atoms with Crippen LogP contribution in [0, 0.1) is 5.92 Å². The zero-order valence-electron chi connectivity index (χ0n) is 7.01. The lowest BCUT2D eigenvalue weighted by Crippen LogP contribution is -2.19. The Bertz CT molecular complexity index is 134. The number of Topliss-reactive ketones (excluding diaryl/α,β-unsaturated/α-hetero) is 1. The van der Waals surface area contributed by atoms with Gasteiger partial charge in [-0.2, -0.15) is 0 Å². The van der Waals surface area contributed by atoms with Crippen molar-refractivity contribution in [1.29, 1.82) is 0 Å². The highest BCUT2D eigenvalue weighted by molar-refractivity contribution is 5.81. The minimum absolute atomic E-state index is 0.354. The fourth-order valence-electron chi connectivity index (χ4n) is 1.72. The number of carbonyl (C=O) groups is 1. The summed E-state index contributed by atoms with van der Waals surface area (Å²) in [6.07, 6.45) is 6.30. The highest BCUT2D eigenvalue weighted by Gasteiger charge is 2.20. The van der Waals surface area contributed by atoms with E-state index in [0.717, 1.165) is 38.6 Å². The summed E-state index contributed by atoms with van der Waals surface area (Å²) < 4.78 is 0. The zero-order chi connectivity index (χ0) is 8.10. The molecule has 1 aliphatic carbocycles. The third kappa shape index (κ3) is 2.62. The summed E-state index contributed by atoms with van der Waals surface area (Å²) in [4.78, 5) is 11.3. The van der Waals surface area contributed by atoms with E-state index in [0.29, 0.717) is 11.7 Å². The molecule has 1 rings (SSSR count). The topological polar surface area (TPSA) is 43.1 Å². The van der Waals surface area contributed by atoms with Gasteiger partial charge in [0, 0.05) is 12.3 Å². The second kappa shape index (κ2) is 4.50. The molecule has 1 aliphatic rings. The van der Waals surface area contributed by atoms with Crippen LogP contribution < -0.4 is 5.73 Å². The molecule has 0 aromatic heterocycles. The van der Waals surface area contributed by atoms with Crippen molar-refractivity contribution in [2.45, 2.75) is 38.5 Å². The Morgan fingerprint density at radius 2 is 2.27 bits per heavy atom. The van der Waals surface area contributed by atoms with Crippen molar-refractivity contribution in [2.75, 3.05) is 6.54 Å². The zero-order valence-corrected chi connectivity index (χ0v) is 7.01. The average molecular weight is 155 g/mol. The molecule has 11 heavy (non-hydrogen) atoms. The van der Waals surface area contributed by atoms with Gasteiger partial charge in [-0.3, -0.25) is 4.79 Å². The summed E-state index contributed by atoms with van der Waals surface area (Å²) >= 11 is 0. The number of carbonyl (C=O) groups excluding carboxylic acids is 1. The molecule has 0 aromatic carbocycles. The number of nitrogens with two attached hydrogens (primary N) is 1. The Morgan fingerprint density at radius 3 is 2.91 bits per heavy atom. The molecule has 1 saturated carbocycles. The van der Waals surface area contributed by atoms with E-state index in [1.807, 2.05) is 0 Å². The Balaban J connectivity index is 2.24. The maximum Gasteiger partial charge on any atom is 0.135 e. The van der Waals surface area contributed by atoms with Crippen LogP contribution in [-0.2, 0) is 4.79 Å². The molecule has 0 aromatic rings. The summed E-state index contributed by atoms with van der Waals surface area (Å²) in [6.45, 7) is 0.726. The molecule has 1 unspecified atom stereocenters. The van der Waals surface area contributed by atoms with Crippen molar-refractivity contribution in [3.8, 4) is 0 Å². The van der Waals surface area contributed by atoms with Crippen LogP contribution in [0.2, 0.25) is 0 Å². The number of rotatable bonds is 3. The van der Waals surface area contributed by atoms with Crippen molar-refractivity contribution in [2.24, 2.45) is 11.7 Å². The van der Waals surface area contributed by atoms with E-state index in [-0.39, 0.29) is 0 Å². The second-order valence-electron chi connectivity index (χ2n) is 3.34. The second-order valence-corrected chi connectivity index (χ2v) is 3.34. The Morgan fingerprint density at radius 1 is 1.45 bits per heavy atom. The number of ketones is 1. The summed E-state index contributed by atoms with van der Waals surface area (Å²) in [5.41, 5.74) is 5.38. The molecule has 0 saturated heterocycles. The predicted octanol–water partition coefficient (Wildman–Crippen LogP) is 1.48. The minimum Gasteiger partial charge on any atom is -0.330 e. The van der Waals surface area contributed by atoms with Crippen LogP contribution in [0.5, 0.6) is 0 Å². The van der Waals surface area contributed by atoms with Gasteiger partial charge in [0.05, 0.1) is 0 Å². The van der Waals surface area contributed by atoms with E-state index in [2.05, 4.69) is 0 Å². The molecule has 64 valence electrons. The highest BCUT2D eigenvalue weighted by Crippen LogP contribution is 2.23. The van der Waals surface area contributed by atoms with Gasteiger partial charge in [0.2, 0.25) is 0 Å². The molecule has 0 bridgehead atoms. The van der Waals surface area contributed by atoms with Crippen LogP contribution in [-0.4, -0.2) is 12.3 Å². The lowest BCUT2D eigenvalue weighted by Gasteiger charge is -2.19. The fraction of sp³-hybridized carbons (Fsp3) is 0.889. The normalized spacial score (nSPS) is 25.5. The van der Waals surface area contributed by atoms with Crippen LogP contribution in [0.15, 0.2) is 0 Å². The van der Waals surface area contributed by atoms with Crippen LogP contribution in [0.3, 0.4) is 0 Å². The van der Waals surface area contributed by atoms with Crippen molar-refractivity contribution in [3.63, 3.8) is 0 Å². The Kier molecular flexibility index (Phi) is 3.57. The molecule has 0 amide bonds. The van der Waals surface area contributed by atoms with Crippen molar-refractivity contribution in [1.82, 2.24) is 0 Å². The summed E-state index contributed by atoms with van der Waals surface area (Å²) in [7, 11) is 0. The molecule has 0 radical (unpaired) electrons. The number of hydrogen-bond donors (Lipinski definition) is 1. The van der Waals surface area contributed by atoms with Gasteiger partial charge in [-0.25, -0.2) is 0 Å². The molecule has 0 heterocycles. The number of hydrogen-bond acceptors (Lipinski definition) is 2. The van der Waals surface area contributed by atoms with E-state index >= 15 is 0 Å². The van der Waals surface area contributed by atoms with Crippen molar-refractivity contribution in [3.05, 3.63) is 0 Å². The van der Waals surface area contributed by atoms with E-state index in [9.17, 15) is 4.79 Å². The van der Waals surface area contributed by atoms with Gasteiger partial charge in [0.15, 0.2) is 0 Å². The summed E-state index contributed by atoms with van der Waals surface area (Å²) in [6, 6.07) is 0. The van der Waals surface area contributed by atoms with Gasteiger partial charge >= 0.3 is 0 Å². The van der Waals surface area contributed by atoms with E-state index in [4.69, 9.17) is 5.73 Å². The molecule has 0 aliphatic heterocycles. The third-order valence-electron chi connectivity index (χ3n) is 2.44. The molecule has 2 nitrogen and oxygen atoms in total. The molecular formula is C9H17NO. The van der Waals surface area contributed by atoms with Crippen LogP contribution >= 0.6 is 0 Å². The standard InChI is InChI=1S/C9H17NO/c10-7-3-5-8-4-1-2-6-9(8)11/h8H,1-7,10H2. The third-order valence-corrected chi connectivity index (χ3v) is 2.44. The molecule has 2 heteroatoms. The molecule has 2 N–H and O–H groups in total. The van der Waals surface area contributed by atoms with Crippen LogP contribution in [0.25, 0.3) is 0 Å². The largest absolute Gasteiger partial charge is 0.330 e. The van der Waals surface area contributed by atoms with Crippen molar-refractivity contribution >= 4 is 5.78 Å². The highest BCUT2D eigenvalue weighted by atomic mass is 16.1. The fourth-order valence-corrected chi connectivity index (χ4v) is 1.72. The molecule has 1 fully saturated rings. The first-order valence-electron chi connectivity index (χ1n) is 4.57. The summed E-state index contributed by atoms with van der Waals surface area (Å²) in [5.74, 6) is 0.831. The lowest BCUT2D eigenvalue weighted by atomic mass is 9.85. The minimum atomic E-state index is 0.354. The molecule has 0 spiro atoms. The molecule has 1 atom stereocenters. The first-order chi connectivity index (χ1) is 5.34. The molecular weight excluding hydrogens is 138 g/mol. The first-order valence-corrected chi connectivity index (χ1v) is 4.57. The van der Waals surface area contributed by atoms with E-state index < -0.39 is 0 Å². The monoisotopic (exact) mass is 155 g/mol. The quantitative estimate of drug-likeness (QED) is 0.671. The maximum atomic E-state index is 11.3. The maximum absolute atomic E-state index is 11.3.